The Hall–Kier alpha value is -2.26. The highest BCUT2D eigenvalue weighted by molar-refractivity contribution is 6.30. The second-order valence-corrected chi connectivity index (χ2v) is 4.23. The molecular weight excluding hydrogens is 298 g/mol. The van der Waals surface area contributed by atoms with Gasteiger partial charge in [0.1, 0.15) is 5.75 Å². The molecule has 0 spiro atoms. The third kappa shape index (κ3) is 4.97. The monoisotopic (exact) mass is 311 g/mol. The molecule has 6 nitrogen and oxygen atoms in total. The molecule has 0 amide bonds. The van der Waals surface area contributed by atoms with Crippen molar-refractivity contribution in [1.82, 2.24) is 0 Å². The van der Waals surface area contributed by atoms with E-state index in [-0.39, 0.29) is 29.5 Å². The van der Waals surface area contributed by atoms with Crippen LogP contribution in [-0.4, -0.2) is 31.3 Å². The first-order chi connectivity index (χ1) is 10.0. The molecule has 0 N–H and O–H groups in total. The van der Waals surface area contributed by atoms with Crippen LogP contribution in [0, 0.1) is 11.3 Å². The van der Waals surface area contributed by atoms with Crippen molar-refractivity contribution in [2.45, 2.75) is 20.0 Å². The Bertz CT molecular complexity index is 549. The number of rotatable bonds is 6. The van der Waals surface area contributed by atoms with E-state index in [9.17, 15) is 9.59 Å². The number of hydrogen-bond donors (Lipinski definition) is 0. The van der Waals surface area contributed by atoms with Gasteiger partial charge >= 0.3 is 11.9 Å². The Kier molecular flexibility index (Phi) is 6.50. The van der Waals surface area contributed by atoms with Gasteiger partial charge in [-0.3, -0.25) is 0 Å². The average Bonchev–Trinajstić information content (AvgIpc) is 2.44. The van der Waals surface area contributed by atoms with E-state index in [1.165, 1.54) is 18.2 Å². The Labute approximate surface area is 127 Å². The molecule has 1 aromatic carbocycles. The first kappa shape index (κ1) is 16.8. The highest BCUT2D eigenvalue weighted by Crippen LogP contribution is 2.22. The second kappa shape index (κ2) is 8.12. The predicted octanol–water partition coefficient (Wildman–Crippen LogP) is 2.09. The number of benzene rings is 1. The minimum atomic E-state index is -1.56. The standard InChI is InChI=1S/C14H14ClNO5/c1-3-19-13(17)12(14(18)20-4-2)21-11-6-9(8-16)5-10(15)7-11/h5-7,12H,3-4H2,1-2H3. The van der Waals surface area contributed by atoms with Crippen molar-refractivity contribution in [3.63, 3.8) is 0 Å². The minimum absolute atomic E-state index is 0.0943. The van der Waals surface area contributed by atoms with Gasteiger partial charge in [-0.1, -0.05) is 11.6 Å². The van der Waals surface area contributed by atoms with Gasteiger partial charge in [0.2, 0.25) is 0 Å². The maximum Gasteiger partial charge on any atom is 0.359 e. The van der Waals surface area contributed by atoms with Gasteiger partial charge in [0.15, 0.2) is 0 Å². The van der Waals surface area contributed by atoms with Crippen LogP contribution in [0.1, 0.15) is 19.4 Å². The zero-order chi connectivity index (χ0) is 15.8. The quantitative estimate of drug-likeness (QED) is 0.590. The lowest BCUT2D eigenvalue weighted by Crippen LogP contribution is -2.38. The number of nitrogens with zero attached hydrogens (tertiary/aromatic N) is 1. The molecule has 112 valence electrons. The lowest BCUT2D eigenvalue weighted by atomic mass is 10.2. The van der Waals surface area contributed by atoms with E-state index >= 15 is 0 Å². The largest absolute Gasteiger partial charge is 0.467 e. The summed E-state index contributed by atoms with van der Waals surface area (Å²) in [7, 11) is 0. The van der Waals surface area contributed by atoms with Crippen LogP contribution in [0.3, 0.4) is 0 Å². The number of halogens is 1. The molecule has 0 bridgehead atoms. The molecule has 7 heteroatoms. The van der Waals surface area contributed by atoms with Gasteiger partial charge in [0.05, 0.1) is 24.8 Å². The Morgan fingerprint density at radius 1 is 1.19 bits per heavy atom. The fourth-order valence-corrected chi connectivity index (χ4v) is 1.68. The molecule has 0 aromatic heterocycles. The van der Waals surface area contributed by atoms with E-state index in [1.807, 2.05) is 6.07 Å². The number of esters is 2. The SMILES string of the molecule is CCOC(=O)C(Oc1cc(Cl)cc(C#N)c1)C(=O)OCC. The maximum atomic E-state index is 11.8. The lowest BCUT2D eigenvalue weighted by Gasteiger charge is -2.16. The van der Waals surface area contributed by atoms with Crippen LogP contribution in [0.2, 0.25) is 5.02 Å². The molecule has 1 aromatic rings. The molecule has 0 saturated heterocycles. The molecule has 21 heavy (non-hydrogen) atoms. The Balaban J connectivity index is 3.00. The van der Waals surface area contributed by atoms with Gasteiger partial charge in [-0.25, -0.2) is 9.59 Å². The van der Waals surface area contributed by atoms with Crippen molar-refractivity contribution in [3.8, 4) is 11.8 Å². The molecule has 0 heterocycles. The van der Waals surface area contributed by atoms with Crippen molar-refractivity contribution >= 4 is 23.5 Å². The minimum Gasteiger partial charge on any atom is -0.467 e. The smallest absolute Gasteiger partial charge is 0.359 e. The van der Waals surface area contributed by atoms with Crippen molar-refractivity contribution in [3.05, 3.63) is 28.8 Å². The van der Waals surface area contributed by atoms with Crippen molar-refractivity contribution in [1.29, 1.82) is 5.26 Å². The van der Waals surface area contributed by atoms with Crippen LogP contribution in [0.5, 0.6) is 5.75 Å². The van der Waals surface area contributed by atoms with Crippen LogP contribution in [-0.2, 0) is 19.1 Å². The summed E-state index contributed by atoms with van der Waals surface area (Å²) in [6.45, 7) is 3.40. The predicted molar refractivity (Wildman–Crippen MR) is 73.8 cm³/mol. The van der Waals surface area contributed by atoms with Crippen LogP contribution >= 0.6 is 11.6 Å². The molecule has 0 aliphatic rings. The average molecular weight is 312 g/mol. The first-order valence-electron chi connectivity index (χ1n) is 6.22. The van der Waals surface area contributed by atoms with Crippen LogP contribution in [0.4, 0.5) is 0 Å². The van der Waals surface area contributed by atoms with E-state index in [4.69, 9.17) is 31.1 Å². The van der Waals surface area contributed by atoms with E-state index in [2.05, 4.69) is 0 Å². The van der Waals surface area contributed by atoms with E-state index in [0.717, 1.165) is 0 Å². The summed E-state index contributed by atoms with van der Waals surface area (Å²) in [5.41, 5.74) is 0.240. The van der Waals surface area contributed by atoms with Crippen LogP contribution in [0.15, 0.2) is 18.2 Å². The van der Waals surface area contributed by atoms with E-state index < -0.39 is 18.0 Å². The van der Waals surface area contributed by atoms with Crippen molar-refractivity contribution in [2.24, 2.45) is 0 Å². The number of carbonyl (C=O) groups is 2. The molecule has 0 unspecified atom stereocenters. The lowest BCUT2D eigenvalue weighted by molar-refractivity contribution is -0.166. The summed E-state index contributed by atoms with van der Waals surface area (Å²) >= 11 is 5.83. The van der Waals surface area contributed by atoms with Crippen LogP contribution in [0.25, 0.3) is 0 Å². The summed E-state index contributed by atoms with van der Waals surface area (Å²) in [4.78, 5) is 23.5. The maximum absolute atomic E-state index is 11.8. The Morgan fingerprint density at radius 2 is 1.76 bits per heavy atom. The summed E-state index contributed by atoms with van der Waals surface area (Å²) in [5.74, 6) is -1.63. The summed E-state index contributed by atoms with van der Waals surface area (Å²) < 4.78 is 14.8. The molecule has 0 aliphatic heterocycles. The fraction of sp³-hybridized carbons (Fsp3) is 0.357. The first-order valence-corrected chi connectivity index (χ1v) is 6.60. The van der Waals surface area contributed by atoms with Gasteiger partial charge in [0.25, 0.3) is 6.10 Å². The van der Waals surface area contributed by atoms with Crippen LogP contribution < -0.4 is 4.74 Å². The number of nitriles is 1. The molecule has 0 radical (unpaired) electrons. The molecule has 0 fully saturated rings. The van der Waals surface area contributed by atoms with Gasteiger partial charge in [0, 0.05) is 5.02 Å². The highest BCUT2D eigenvalue weighted by atomic mass is 35.5. The number of ether oxygens (including phenoxy) is 3. The molecule has 0 aliphatic carbocycles. The number of hydrogen-bond acceptors (Lipinski definition) is 6. The zero-order valence-electron chi connectivity index (χ0n) is 11.6. The molecular formula is C14H14ClNO5. The number of carbonyl (C=O) groups excluding carboxylic acids is 2. The Morgan fingerprint density at radius 3 is 2.24 bits per heavy atom. The topological polar surface area (TPSA) is 85.6 Å². The van der Waals surface area contributed by atoms with E-state index in [0.29, 0.717) is 0 Å². The molecule has 0 saturated carbocycles. The highest BCUT2D eigenvalue weighted by Gasteiger charge is 2.32. The van der Waals surface area contributed by atoms with E-state index in [1.54, 1.807) is 13.8 Å². The third-order valence-electron chi connectivity index (χ3n) is 2.26. The second-order valence-electron chi connectivity index (χ2n) is 3.79. The third-order valence-corrected chi connectivity index (χ3v) is 2.47. The van der Waals surface area contributed by atoms with Gasteiger partial charge in [-0.2, -0.15) is 5.26 Å². The van der Waals surface area contributed by atoms with Crippen molar-refractivity contribution < 1.29 is 23.8 Å². The fourth-order valence-electron chi connectivity index (χ4n) is 1.46. The zero-order valence-corrected chi connectivity index (χ0v) is 12.3. The normalized spacial score (nSPS) is 9.86. The van der Waals surface area contributed by atoms with Crippen molar-refractivity contribution in [2.75, 3.05) is 13.2 Å². The summed E-state index contributed by atoms with van der Waals surface area (Å²) in [6.07, 6.45) is -1.56. The molecule has 0 atom stereocenters. The molecule has 1 rings (SSSR count). The van der Waals surface area contributed by atoms with Gasteiger partial charge in [-0.15, -0.1) is 0 Å². The summed E-state index contributed by atoms with van der Waals surface area (Å²) in [6, 6.07) is 6.06. The summed E-state index contributed by atoms with van der Waals surface area (Å²) in [5, 5.41) is 9.11. The van der Waals surface area contributed by atoms with Gasteiger partial charge in [-0.05, 0) is 32.0 Å². The van der Waals surface area contributed by atoms with Gasteiger partial charge < -0.3 is 14.2 Å².